The fourth-order valence-corrected chi connectivity index (χ4v) is 3.77. The minimum atomic E-state index is -0.689. The smallest absolute Gasteiger partial charge is 0.338 e. The molecule has 30 heavy (non-hydrogen) atoms. The van der Waals surface area contributed by atoms with E-state index in [4.69, 9.17) is 14.2 Å². The maximum Gasteiger partial charge on any atom is 0.338 e. The maximum atomic E-state index is 12.5. The Kier molecular flexibility index (Phi) is 6.99. The summed E-state index contributed by atoms with van der Waals surface area (Å²) >= 11 is 3.53. The zero-order valence-corrected chi connectivity index (χ0v) is 18.5. The van der Waals surface area contributed by atoms with Gasteiger partial charge >= 0.3 is 12.0 Å². The van der Waals surface area contributed by atoms with E-state index < -0.39 is 18.0 Å². The monoisotopic (exact) mass is 474 g/mol. The van der Waals surface area contributed by atoms with Gasteiger partial charge in [-0.25, -0.2) is 9.59 Å². The molecule has 158 valence electrons. The number of allylic oxidation sites excluding steroid dienone is 1. The molecule has 0 radical (unpaired) electrons. The van der Waals surface area contributed by atoms with Crippen molar-refractivity contribution < 1.29 is 23.8 Å². The summed E-state index contributed by atoms with van der Waals surface area (Å²) in [5, 5.41) is 5.40. The minimum absolute atomic E-state index is 0.232. The van der Waals surface area contributed by atoms with Crippen molar-refractivity contribution in [1.82, 2.24) is 10.6 Å². The number of methoxy groups -OCH3 is 1. The fourth-order valence-electron chi connectivity index (χ4n) is 3.20. The Balaban J connectivity index is 1.95. The number of hydrogen-bond acceptors (Lipinski definition) is 5. The molecule has 1 aliphatic heterocycles. The van der Waals surface area contributed by atoms with Gasteiger partial charge in [0.1, 0.15) is 6.61 Å². The quantitative estimate of drug-likeness (QED) is 0.586. The van der Waals surface area contributed by atoms with E-state index in [-0.39, 0.29) is 6.61 Å². The van der Waals surface area contributed by atoms with Gasteiger partial charge in [-0.15, -0.1) is 0 Å². The van der Waals surface area contributed by atoms with Gasteiger partial charge in [0.2, 0.25) is 0 Å². The third-order valence-corrected chi connectivity index (χ3v) is 5.16. The first-order valence-electron chi connectivity index (χ1n) is 9.44. The molecule has 1 aliphatic rings. The van der Waals surface area contributed by atoms with Crippen molar-refractivity contribution in [2.75, 3.05) is 13.7 Å². The Morgan fingerprint density at radius 2 is 1.93 bits per heavy atom. The number of rotatable bonds is 7. The van der Waals surface area contributed by atoms with Crippen LogP contribution in [0.5, 0.6) is 11.5 Å². The van der Waals surface area contributed by atoms with Gasteiger partial charge < -0.3 is 24.8 Å². The molecule has 8 heteroatoms. The van der Waals surface area contributed by atoms with Gasteiger partial charge in [0.15, 0.2) is 11.5 Å². The van der Waals surface area contributed by atoms with Crippen molar-refractivity contribution in [3.8, 4) is 11.5 Å². The minimum Gasteiger partial charge on any atom is -0.493 e. The number of urea groups is 1. The molecule has 0 aromatic heterocycles. The predicted molar refractivity (Wildman–Crippen MR) is 115 cm³/mol. The highest BCUT2D eigenvalue weighted by Gasteiger charge is 2.33. The van der Waals surface area contributed by atoms with E-state index >= 15 is 0 Å². The zero-order chi connectivity index (χ0) is 21.7. The van der Waals surface area contributed by atoms with Gasteiger partial charge in [-0.3, -0.25) is 0 Å². The normalized spacial score (nSPS) is 15.9. The summed E-state index contributed by atoms with van der Waals surface area (Å²) in [4.78, 5) is 24.6. The molecule has 2 aromatic rings. The molecule has 0 aliphatic carbocycles. The Morgan fingerprint density at radius 3 is 2.60 bits per heavy atom. The standard InChI is InChI=1S/C22H23BrN2O5/c1-4-29-21(26)18-13(2)24-22(27)25-19(18)15-10-16(23)20(17(11-15)28-3)30-12-14-8-6-5-7-9-14/h5-11,19H,4,12H2,1-3H3,(H2,24,25,27)/t19-/m1/s1. The highest BCUT2D eigenvalue weighted by Crippen LogP contribution is 2.40. The fraction of sp³-hybridized carbons (Fsp3) is 0.273. The van der Waals surface area contributed by atoms with Crippen LogP contribution in [0.3, 0.4) is 0 Å². The van der Waals surface area contributed by atoms with Crippen LogP contribution in [-0.4, -0.2) is 25.7 Å². The Morgan fingerprint density at radius 1 is 1.20 bits per heavy atom. The summed E-state index contributed by atoms with van der Waals surface area (Å²) in [7, 11) is 1.54. The molecule has 2 amide bonds. The van der Waals surface area contributed by atoms with Gasteiger partial charge in [0.25, 0.3) is 0 Å². The molecular formula is C22H23BrN2O5. The van der Waals surface area contributed by atoms with E-state index in [1.165, 1.54) is 7.11 Å². The SMILES string of the molecule is CCOC(=O)C1=C(C)NC(=O)N[C@@H]1c1cc(Br)c(OCc2ccccc2)c(OC)c1. The molecule has 7 nitrogen and oxygen atoms in total. The molecule has 0 spiro atoms. The average molecular weight is 475 g/mol. The van der Waals surface area contributed by atoms with Crippen molar-refractivity contribution in [1.29, 1.82) is 0 Å². The topological polar surface area (TPSA) is 85.9 Å². The third kappa shape index (κ3) is 4.76. The number of carbonyl (C=O) groups excluding carboxylic acids is 2. The van der Waals surface area contributed by atoms with Gasteiger partial charge in [-0.1, -0.05) is 30.3 Å². The van der Waals surface area contributed by atoms with Crippen LogP contribution in [0, 0.1) is 0 Å². The largest absolute Gasteiger partial charge is 0.493 e. The Labute approximate surface area is 183 Å². The van der Waals surface area contributed by atoms with E-state index in [9.17, 15) is 9.59 Å². The number of ether oxygens (including phenoxy) is 3. The number of hydrogen-bond donors (Lipinski definition) is 2. The van der Waals surface area contributed by atoms with Crippen LogP contribution in [0.25, 0.3) is 0 Å². The van der Waals surface area contributed by atoms with Crippen LogP contribution in [0.1, 0.15) is 31.0 Å². The molecule has 0 unspecified atom stereocenters. The van der Waals surface area contributed by atoms with E-state index in [1.54, 1.807) is 26.0 Å². The Bertz CT molecular complexity index is 975. The van der Waals surface area contributed by atoms with Crippen LogP contribution >= 0.6 is 15.9 Å². The van der Waals surface area contributed by atoms with Crippen molar-refractivity contribution in [2.24, 2.45) is 0 Å². The van der Waals surface area contributed by atoms with E-state index in [2.05, 4.69) is 26.6 Å². The summed E-state index contributed by atoms with van der Waals surface area (Å²) in [6, 6.07) is 12.2. The molecule has 0 saturated carbocycles. The lowest BCUT2D eigenvalue weighted by Gasteiger charge is -2.28. The number of benzene rings is 2. The van der Waals surface area contributed by atoms with E-state index in [0.29, 0.717) is 39.4 Å². The lowest BCUT2D eigenvalue weighted by molar-refractivity contribution is -0.139. The number of amides is 2. The molecule has 0 fully saturated rings. The van der Waals surface area contributed by atoms with Gasteiger partial charge in [-0.2, -0.15) is 0 Å². The summed E-state index contributed by atoms with van der Waals surface area (Å²) in [5.41, 5.74) is 2.46. The molecule has 2 N–H and O–H groups in total. The van der Waals surface area contributed by atoms with Gasteiger partial charge in [-0.05, 0) is 53.0 Å². The Hall–Kier alpha value is -3.00. The van der Waals surface area contributed by atoms with Gasteiger partial charge in [0.05, 0.1) is 29.8 Å². The van der Waals surface area contributed by atoms with Crippen LogP contribution < -0.4 is 20.1 Å². The second-order valence-corrected chi connectivity index (χ2v) is 7.45. The van der Waals surface area contributed by atoms with Crippen molar-refractivity contribution in [3.05, 3.63) is 69.3 Å². The van der Waals surface area contributed by atoms with Gasteiger partial charge in [0, 0.05) is 5.70 Å². The second kappa shape index (κ2) is 9.67. The van der Waals surface area contributed by atoms with Crippen molar-refractivity contribution in [3.63, 3.8) is 0 Å². The number of carbonyl (C=O) groups is 2. The molecule has 0 bridgehead atoms. The van der Waals surface area contributed by atoms with Crippen molar-refractivity contribution in [2.45, 2.75) is 26.5 Å². The van der Waals surface area contributed by atoms with Crippen LogP contribution in [0.4, 0.5) is 4.79 Å². The lowest BCUT2D eigenvalue weighted by Crippen LogP contribution is -2.45. The van der Waals surface area contributed by atoms with Crippen LogP contribution in [0.2, 0.25) is 0 Å². The molecule has 3 rings (SSSR count). The lowest BCUT2D eigenvalue weighted by atomic mass is 9.95. The van der Waals surface area contributed by atoms with Crippen LogP contribution in [0.15, 0.2) is 58.2 Å². The first kappa shape index (κ1) is 21.7. The molecule has 2 aromatic carbocycles. The molecule has 1 atom stereocenters. The number of nitrogens with one attached hydrogen (secondary N) is 2. The highest BCUT2D eigenvalue weighted by molar-refractivity contribution is 9.10. The first-order valence-corrected chi connectivity index (χ1v) is 10.2. The average Bonchev–Trinajstić information content (AvgIpc) is 2.72. The van der Waals surface area contributed by atoms with Crippen molar-refractivity contribution >= 4 is 27.9 Å². The second-order valence-electron chi connectivity index (χ2n) is 6.60. The summed E-state index contributed by atoms with van der Waals surface area (Å²) in [6.45, 7) is 4.00. The summed E-state index contributed by atoms with van der Waals surface area (Å²) < 4.78 is 17.3. The molecule has 0 saturated heterocycles. The summed E-state index contributed by atoms with van der Waals surface area (Å²) in [6.07, 6.45) is 0. The van der Waals surface area contributed by atoms with E-state index in [1.807, 2.05) is 30.3 Å². The number of halogens is 1. The third-order valence-electron chi connectivity index (χ3n) is 4.58. The predicted octanol–water partition coefficient (Wildman–Crippen LogP) is 4.23. The molecular weight excluding hydrogens is 452 g/mol. The summed E-state index contributed by atoms with van der Waals surface area (Å²) in [5.74, 6) is 0.514. The van der Waals surface area contributed by atoms with E-state index in [0.717, 1.165) is 5.56 Å². The zero-order valence-electron chi connectivity index (χ0n) is 17.0. The maximum absolute atomic E-state index is 12.5. The number of esters is 1. The molecule has 1 heterocycles. The van der Waals surface area contributed by atoms with Crippen LogP contribution in [-0.2, 0) is 16.1 Å². The highest BCUT2D eigenvalue weighted by atomic mass is 79.9. The first-order chi connectivity index (χ1) is 14.4.